The summed E-state index contributed by atoms with van der Waals surface area (Å²) in [6.07, 6.45) is -1.30. The Hall–Kier alpha value is -1.14. The number of aliphatic hydroxyl groups excluding tert-OH is 1. The summed E-state index contributed by atoms with van der Waals surface area (Å²) in [7, 11) is 0. The molecule has 1 amide bonds. The third kappa shape index (κ3) is 3.67. The molecular formula is C13H17ClN2O3. The lowest BCUT2D eigenvalue weighted by Gasteiger charge is -2.32. The lowest BCUT2D eigenvalue weighted by atomic mass is 10.1. The van der Waals surface area contributed by atoms with Gasteiger partial charge in [-0.2, -0.15) is 0 Å². The van der Waals surface area contributed by atoms with E-state index in [-0.39, 0.29) is 0 Å². The molecule has 1 heterocycles. The van der Waals surface area contributed by atoms with E-state index in [0.29, 0.717) is 36.8 Å². The molecule has 0 radical (unpaired) electrons. The second kappa shape index (κ2) is 6.34. The number of ether oxygens (including phenoxy) is 1. The van der Waals surface area contributed by atoms with Crippen LogP contribution >= 0.6 is 11.6 Å². The smallest absolute Gasteiger partial charge is 0.247 e. The number of primary amides is 1. The van der Waals surface area contributed by atoms with Crippen LogP contribution < -0.4 is 5.73 Å². The maximum Gasteiger partial charge on any atom is 0.247 e. The minimum absolute atomic E-state index is 0.400. The van der Waals surface area contributed by atoms with E-state index < -0.39 is 18.1 Å². The zero-order chi connectivity index (χ0) is 13.8. The number of halogens is 1. The molecule has 19 heavy (non-hydrogen) atoms. The number of morpholine rings is 1. The zero-order valence-corrected chi connectivity index (χ0v) is 11.2. The molecule has 0 aromatic heterocycles. The minimum atomic E-state index is -0.694. The molecule has 1 aromatic carbocycles. The van der Waals surface area contributed by atoms with E-state index in [4.69, 9.17) is 22.1 Å². The molecule has 5 nitrogen and oxygen atoms in total. The predicted molar refractivity (Wildman–Crippen MR) is 71.8 cm³/mol. The first-order valence-corrected chi connectivity index (χ1v) is 6.51. The van der Waals surface area contributed by atoms with Crippen molar-refractivity contribution in [2.75, 3.05) is 26.2 Å². The standard InChI is InChI=1S/C13H17ClN2O3/c14-10-4-2-1-3-9(10)11(17)7-16-5-6-19-12(8-16)13(15)18/h1-4,11-12,17H,5-8H2,(H2,15,18)/t11-,12-/m1/s1. The van der Waals surface area contributed by atoms with Crippen LogP contribution in [0.25, 0.3) is 0 Å². The van der Waals surface area contributed by atoms with E-state index in [0.717, 1.165) is 0 Å². The van der Waals surface area contributed by atoms with Gasteiger partial charge in [0.1, 0.15) is 6.10 Å². The van der Waals surface area contributed by atoms with E-state index in [1.807, 2.05) is 17.0 Å². The molecule has 1 fully saturated rings. The molecule has 1 aliphatic heterocycles. The van der Waals surface area contributed by atoms with Crippen LogP contribution in [0, 0.1) is 0 Å². The summed E-state index contributed by atoms with van der Waals surface area (Å²) >= 11 is 6.04. The highest BCUT2D eigenvalue weighted by atomic mass is 35.5. The molecule has 0 unspecified atom stereocenters. The fourth-order valence-electron chi connectivity index (χ4n) is 2.13. The van der Waals surface area contributed by atoms with Crippen molar-refractivity contribution < 1.29 is 14.6 Å². The monoisotopic (exact) mass is 284 g/mol. The number of nitrogens with two attached hydrogens (primary N) is 1. The Morgan fingerprint density at radius 1 is 1.58 bits per heavy atom. The Balaban J connectivity index is 1.97. The number of hydrogen-bond acceptors (Lipinski definition) is 4. The van der Waals surface area contributed by atoms with Crippen molar-refractivity contribution in [2.45, 2.75) is 12.2 Å². The van der Waals surface area contributed by atoms with Crippen molar-refractivity contribution in [3.8, 4) is 0 Å². The maximum absolute atomic E-state index is 11.1. The van der Waals surface area contributed by atoms with Gasteiger partial charge in [-0.15, -0.1) is 0 Å². The summed E-state index contributed by atoms with van der Waals surface area (Å²) in [6, 6.07) is 7.18. The van der Waals surface area contributed by atoms with Crippen LogP contribution in [0.4, 0.5) is 0 Å². The lowest BCUT2D eigenvalue weighted by Crippen LogP contribution is -2.49. The summed E-state index contributed by atoms with van der Waals surface area (Å²) in [5.74, 6) is -0.475. The second-order valence-corrected chi connectivity index (χ2v) is 4.97. The van der Waals surface area contributed by atoms with Crippen molar-refractivity contribution in [1.29, 1.82) is 0 Å². The molecule has 6 heteroatoms. The number of nitrogens with zero attached hydrogens (tertiary/aromatic N) is 1. The van der Waals surface area contributed by atoms with Crippen LogP contribution in [-0.2, 0) is 9.53 Å². The number of β-amino-alcohol motifs (C(OH)–C–C–N with tert-alkyl or cyclic N) is 1. The molecule has 1 aromatic rings. The van der Waals surface area contributed by atoms with Gasteiger partial charge in [0.2, 0.25) is 5.91 Å². The Kier molecular flexibility index (Phi) is 4.76. The van der Waals surface area contributed by atoms with Gasteiger partial charge in [0.15, 0.2) is 0 Å². The topological polar surface area (TPSA) is 75.8 Å². The van der Waals surface area contributed by atoms with Crippen LogP contribution in [0.2, 0.25) is 5.02 Å². The van der Waals surface area contributed by atoms with Gasteiger partial charge in [0.05, 0.1) is 12.7 Å². The quantitative estimate of drug-likeness (QED) is 0.847. The van der Waals surface area contributed by atoms with E-state index in [2.05, 4.69) is 0 Å². The van der Waals surface area contributed by atoms with E-state index in [1.54, 1.807) is 12.1 Å². The van der Waals surface area contributed by atoms with E-state index in [9.17, 15) is 9.90 Å². The van der Waals surface area contributed by atoms with Crippen LogP contribution in [0.5, 0.6) is 0 Å². The number of rotatable bonds is 4. The molecule has 0 saturated carbocycles. The molecule has 1 aliphatic rings. The molecule has 3 N–H and O–H groups in total. The van der Waals surface area contributed by atoms with Gasteiger partial charge >= 0.3 is 0 Å². The number of benzene rings is 1. The lowest BCUT2D eigenvalue weighted by molar-refractivity contribution is -0.135. The minimum Gasteiger partial charge on any atom is -0.387 e. The number of carbonyl (C=O) groups excluding carboxylic acids is 1. The van der Waals surface area contributed by atoms with Crippen molar-refractivity contribution in [3.05, 3.63) is 34.9 Å². The summed E-state index contributed by atoms with van der Waals surface area (Å²) in [4.78, 5) is 13.0. The van der Waals surface area contributed by atoms with Crippen LogP contribution in [-0.4, -0.2) is 48.3 Å². The van der Waals surface area contributed by atoms with E-state index in [1.165, 1.54) is 0 Å². The second-order valence-electron chi connectivity index (χ2n) is 4.56. The molecule has 2 rings (SSSR count). The predicted octanol–water partition coefficient (Wildman–Crippen LogP) is 0.560. The fraction of sp³-hybridized carbons (Fsp3) is 0.462. The van der Waals surface area contributed by atoms with Crippen LogP contribution in [0.1, 0.15) is 11.7 Å². The average molecular weight is 285 g/mol. The van der Waals surface area contributed by atoms with Crippen molar-refractivity contribution in [3.63, 3.8) is 0 Å². The number of amides is 1. The van der Waals surface area contributed by atoms with Crippen LogP contribution in [0.15, 0.2) is 24.3 Å². The normalized spacial score (nSPS) is 22.1. The Morgan fingerprint density at radius 3 is 3.00 bits per heavy atom. The van der Waals surface area contributed by atoms with Crippen LogP contribution in [0.3, 0.4) is 0 Å². The molecule has 1 saturated heterocycles. The summed E-state index contributed by atoms with van der Waals surface area (Å²) in [5.41, 5.74) is 5.91. The summed E-state index contributed by atoms with van der Waals surface area (Å²) in [6.45, 7) is 1.89. The first kappa shape index (κ1) is 14.3. The first-order valence-electron chi connectivity index (χ1n) is 6.13. The summed E-state index contributed by atoms with van der Waals surface area (Å²) < 4.78 is 5.26. The van der Waals surface area contributed by atoms with Gasteiger partial charge in [0.25, 0.3) is 0 Å². The van der Waals surface area contributed by atoms with Crippen molar-refractivity contribution in [1.82, 2.24) is 4.90 Å². The number of aliphatic hydroxyl groups is 1. The van der Waals surface area contributed by atoms with Gasteiger partial charge in [-0.1, -0.05) is 29.8 Å². The van der Waals surface area contributed by atoms with Crippen molar-refractivity contribution in [2.24, 2.45) is 5.73 Å². The zero-order valence-electron chi connectivity index (χ0n) is 10.5. The molecule has 104 valence electrons. The molecule has 0 aliphatic carbocycles. The summed E-state index contributed by atoms with van der Waals surface area (Å²) in [5, 5.41) is 10.7. The molecule has 0 spiro atoms. The highest BCUT2D eigenvalue weighted by Crippen LogP contribution is 2.23. The third-order valence-electron chi connectivity index (χ3n) is 3.16. The molecular weight excluding hydrogens is 268 g/mol. The van der Waals surface area contributed by atoms with Gasteiger partial charge in [-0.25, -0.2) is 0 Å². The van der Waals surface area contributed by atoms with Crippen molar-refractivity contribution >= 4 is 17.5 Å². The average Bonchev–Trinajstić information content (AvgIpc) is 2.39. The van der Waals surface area contributed by atoms with Gasteiger partial charge in [-0.05, 0) is 6.07 Å². The number of carbonyl (C=O) groups is 1. The highest BCUT2D eigenvalue weighted by Gasteiger charge is 2.26. The van der Waals surface area contributed by atoms with Gasteiger partial charge < -0.3 is 15.6 Å². The number of hydrogen-bond donors (Lipinski definition) is 2. The largest absolute Gasteiger partial charge is 0.387 e. The third-order valence-corrected chi connectivity index (χ3v) is 3.51. The Labute approximate surface area is 116 Å². The first-order chi connectivity index (χ1) is 9.08. The molecule has 0 bridgehead atoms. The van der Waals surface area contributed by atoms with E-state index >= 15 is 0 Å². The SMILES string of the molecule is NC(=O)[C@H]1CN(C[C@@H](O)c2ccccc2Cl)CCO1. The highest BCUT2D eigenvalue weighted by molar-refractivity contribution is 6.31. The fourth-order valence-corrected chi connectivity index (χ4v) is 2.39. The Morgan fingerprint density at radius 2 is 2.32 bits per heavy atom. The van der Waals surface area contributed by atoms with Gasteiger partial charge in [0, 0.05) is 30.2 Å². The maximum atomic E-state index is 11.1. The van der Waals surface area contributed by atoms with Gasteiger partial charge in [-0.3, -0.25) is 9.69 Å². The molecule has 2 atom stereocenters. The Bertz CT molecular complexity index is 455.